The number of thiol groups is 2. The first-order valence-electron chi connectivity index (χ1n) is 10.8. The largest absolute Gasteiger partial charge is 0.469 e. The quantitative estimate of drug-likeness (QED) is 0.233. The minimum Gasteiger partial charge on any atom is -0.469 e. The summed E-state index contributed by atoms with van der Waals surface area (Å²) in [6.45, 7) is 7.72. The van der Waals surface area contributed by atoms with Crippen LogP contribution in [0.15, 0.2) is 24.3 Å². The lowest BCUT2D eigenvalue weighted by molar-refractivity contribution is -0.148. The Balaban J connectivity index is 1.85. The van der Waals surface area contributed by atoms with E-state index in [1.165, 1.54) is 12.7 Å². The summed E-state index contributed by atoms with van der Waals surface area (Å²) in [5.41, 5.74) is 1.17. The lowest BCUT2D eigenvalue weighted by atomic mass is 9.80. The van der Waals surface area contributed by atoms with Crippen LogP contribution in [0, 0.1) is 5.92 Å². The predicted octanol–water partition coefficient (Wildman–Crippen LogP) is 3.06. The molecule has 1 fully saturated rings. The third-order valence-electron chi connectivity index (χ3n) is 5.76. The molecular formula is C22H36ClN3O2S2. The lowest BCUT2D eigenvalue weighted by Gasteiger charge is -2.37. The van der Waals surface area contributed by atoms with E-state index in [-0.39, 0.29) is 17.8 Å². The highest BCUT2D eigenvalue weighted by Gasteiger charge is 2.35. The highest BCUT2D eigenvalue weighted by atomic mass is 35.5. The number of piperidine rings is 1. The molecule has 8 heteroatoms. The molecule has 1 aromatic carbocycles. The van der Waals surface area contributed by atoms with Crippen molar-refractivity contribution in [1.82, 2.24) is 15.1 Å². The maximum Gasteiger partial charge on any atom is 0.310 e. The Labute approximate surface area is 197 Å². The van der Waals surface area contributed by atoms with Gasteiger partial charge in [0, 0.05) is 49.3 Å². The molecule has 0 bridgehead atoms. The number of methoxy groups -OCH3 is 1. The number of nitrogens with zero attached hydrogens (tertiary/aromatic N) is 2. The number of nitrogens with one attached hydrogen (secondary N) is 1. The van der Waals surface area contributed by atoms with Gasteiger partial charge in [-0.3, -0.25) is 4.79 Å². The van der Waals surface area contributed by atoms with E-state index < -0.39 is 0 Å². The van der Waals surface area contributed by atoms with Gasteiger partial charge in [-0.1, -0.05) is 23.7 Å². The second-order valence-electron chi connectivity index (χ2n) is 7.77. The first-order chi connectivity index (χ1) is 14.6. The molecule has 5 nitrogen and oxygen atoms in total. The molecule has 1 aliphatic heterocycles. The molecule has 170 valence electrons. The van der Waals surface area contributed by atoms with Gasteiger partial charge >= 0.3 is 5.97 Å². The van der Waals surface area contributed by atoms with Crippen LogP contribution in [0.4, 0.5) is 0 Å². The van der Waals surface area contributed by atoms with Gasteiger partial charge < -0.3 is 19.9 Å². The molecule has 0 saturated carbocycles. The predicted molar refractivity (Wildman–Crippen MR) is 132 cm³/mol. The third kappa shape index (κ3) is 8.60. The van der Waals surface area contributed by atoms with Crippen molar-refractivity contribution in [3.05, 3.63) is 34.9 Å². The number of hydrogen-bond acceptors (Lipinski definition) is 7. The summed E-state index contributed by atoms with van der Waals surface area (Å²) in [5, 5.41) is 4.12. The Kier molecular flexibility index (Phi) is 12.6. The van der Waals surface area contributed by atoms with E-state index in [1.807, 2.05) is 24.3 Å². The van der Waals surface area contributed by atoms with Gasteiger partial charge in [-0.2, -0.15) is 25.3 Å². The van der Waals surface area contributed by atoms with Crippen molar-refractivity contribution < 1.29 is 9.53 Å². The zero-order valence-electron chi connectivity index (χ0n) is 17.9. The lowest BCUT2D eigenvalue weighted by Crippen LogP contribution is -2.44. The normalized spacial score (nSPS) is 19.9. The topological polar surface area (TPSA) is 44.8 Å². The Morgan fingerprint density at radius 1 is 1.20 bits per heavy atom. The molecular weight excluding hydrogens is 438 g/mol. The molecule has 1 aliphatic rings. The number of ether oxygens (including phenoxy) is 1. The van der Waals surface area contributed by atoms with Crippen LogP contribution in [-0.4, -0.2) is 86.7 Å². The monoisotopic (exact) mass is 473 g/mol. The van der Waals surface area contributed by atoms with Crippen LogP contribution in [0.3, 0.4) is 0 Å². The third-order valence-corrected chi connectivity index (χ3v) is 6.43. The van der Waals surface area contributed by atoms with E-state index in [0.29, 0.717) is 0 Å². The van der Waals surface area contributed by atoms with Crippen molar-refractivity contribution in [2.45, 2.75) is 18.8 Å². The fourth-order valence-corrected chi connectivity index (χ4v) is 4.72. The Bertz CT molecular complexity index is 621. The van der Waals surface area contributed by atoms with Crippen molar-refractivity contribution in [2.24, 2.45) is 5.92 Å². The van der Waals surface area contributed by atoms with Crippen LogP contribution in [0.1, 0.15) is 24.3 Å². The maximum absolute atomic E-state index is 12.5. The molecule has 1 N–H and O–H groups in total. The van der Waals surface area contributed by atoms with Crippen molar-refractivity contribution in [2.75, 3.05) is 71.0 Å². The molecule has 1 saturated heterocycles. The van der Waals surface area contributed by atoms with Crippen LogP contribution < -0.4 is 5.32 Å². The van der Waals surface area contributed by atoms with Crippen LogP contribution >= 0.6 is 36.9 Å². The van der Waals surface area contributed by atoms with Crippen LogP contribution in [0.5, 0.6) is 0 Å². The standard InChI is InChI=1S/C22H36ClN3O2S2/c1-28-22(27)21-17-26(12-7-20(21)18-3-5-19(23)6-4-18)11-2-10-25(14-16-30)13-8-24-9-15-29/h3-6,20-21,24,29-30H,2,7-17H2,1H3/t20?,21-/m0/s1. The SMILES string of the molecule is COC(=O)[C@H]1CN(CCCN(CCS)CCNCCS)CCC1c1ccc(Cl)cc1. The molecule has 30 heavy (non-hydrogen) atoms. The van der Waals surface area contributed by atoms with E-state index in [0.717, 1.165) is 81.7 Å². The van der Waals surface area contributed by atoms with Gasteiger partial charge in [0.15, 0.2) is 0 Å². The average molecular weight is 474 g/mol. The summed E-state index contributed by atoms with van der Waals surface area (Å²) >= 11 is 14.7. The molecule has 1 unspecified atom stereocenters. The van der Waals surface area contributed by atoms with Crippen LogP contribution in [-0.2, 0) is 9.53 Å². The van der Waals surface area contributed by atoms with Crippen molar-refractivity contribution in [3.8, 4) is 0 Å². The maximum atomic E-state index is 12.5. The highest BCUT2D eigenvalue weighted by molar-refractivity contribution is 7.80. The van der Waals surface area contributed by atoms with Crippen molar-refractivity contribution in [3.63, 3.8) is 0 Å². The van der Waals surface area contributed by atoms with Crippen LogP contribution in [0.2, 0.25) is 5.02 Å². The minimum absolute atomic E-state index is 0.119. The Morgan fingerprint density at radius 3 is 2.63 bits per heavy atom. The highest BCUT2D eigenvalue weighted by Crippen LogP contribution is 2.34. The molecule has 0 amide bonds. The average Bonchev–Trinajstić information content (AvgIpc) is 2.76. The minimum atomic E-state index is -0.135. The van der Waals surface area contributed by atoms with Gasteiger partial charge in [0.1, 0.15) is 0 Å². The smallest absolute Gasteiger partial charge is 0.310 e. The molecule has 2 rings (SSSR count). The molecule has 2 atom stereocenters. The Hall–Kier alpha value is -0.440. The molecule has 1 aromatic rings. The molecule has 1 heterocycles. The molecule has 0 aromatic heterocycles. The van der Waals surface area contributed by atoms with Gasteiger partial charge in [-0.25, -0.2) is 0 Å². The first kappa shape index (κ1) is 25.8. The molecule has 0 aliphatic carbocycles. The van der Waals surface area contributed by atoms with Gasteiger partial charge in [0.05, 0.1) is 13.0 Å². The van der Waals surface area contributed by atoms with E-state index in [4.69, 9.17) is 16.3 Å². The van der Waals surface area contributed by atoms with E-state index in [2.05, 4.69) is 40.4 Å². The van der Waals surface area contributed by atoms with Gasteiger partial charge in [-0.05, 0) is 56.1 Å². The number of hydrogen-bond donors (Lipinski definition) is 3. The summed E-state index contributed by atoms with van der Waals surface area (Å²) < 4.78 is 5.13. The van der Waals surface area contributed by atoms with Crippen LogP contribution in [0.25, 0.3) is 0 Å². The summed E-state index contributed by atoms with van der Waals surface area (Å²) in [5.74, 6) is 1.66. The number of halogens is 1. The first-order valence-corrected chi connectivity index (χ1v) is 12.4. The van der Waals surface area contributed by atoms with E-state index in [9.17, 15) is 4.79 Å². The second-order valence-corrected chi connectivity index (χ2v) is 9.10. The molecule has 0 radical (unpaired) electrons. The van der Waals surface area contributed by atoms with Crippen molar-refractivity contribution in [1.29, 1.82) is 0 Å². The Morgan fingerprint density at radius 2 is 1.97 bits per heavy atom. The van der Waals surface area contributed by atoms with Crippen molar-refractivity contribution >= 4 is 42.8 Å². The zero-order chi connectivity index (χ0) is 21.8. The number of esters is 1. The number of carbonyl (C=O) groups excluding carboxylic acids is 1. The fraction of sp³-hybridized carbons (Fsp3) is 0.682. The summed E-state index contributed by atoms with van der Waals surface area (Å²) in [6, 6.07) is 7.88. The van der Waals surface area contributed by atoms with Gasteiger partial charge in [0.2, 0.25) is 0 Å². The van der Waals surface area contributed by atoms with Gasteiger partial charge in [-0.15, -0.1) is 0 Å². The number of likely N-dealkylation sites (tertiary alicyclic amines) is 1. The van der Waals surface area contributed by atoms with E-state index in [1.54, 1.807) is 0 Å². The number of rotatable bonds is 13. The fourth-order valence-electron chi connectivity index (χ4n) is 4.16. The van der Waals surface area contributed by atoms with Gasteiger partial charge in [0.25, 0.3) is 0 Å². The zero-order valence-corrected chi connectivity index (χ0v) is 20.5. The summed E-state index contributed by atoms with van der Waals surface area (Å²) in [7, 11) is 1.48. The summed E-state index contributed by atoms with van der Waals surface area (Å²) in [4.78, 5) is 17.4. The summed E-state index contributed by atoms with van der Waals surface area (Å²) in [6.07, 6.45) is 2.04. The molecule has 0 spiro atoms. The number of benzene rings is 1. The second kappa shape index (κ2) is 14.6. The van der Waals surface area contributed by atoms with E-state index >= 15 is 0 Å². The number of carbonyl (C=O) groups is 1.